The summed E-state index contributed by atoms with van der Waals surface area (Å²) in [5.41, 5.74) is 5.43. The number of carboxylic acids is 1. The maximum Gasteiger partial charge on any atom is 0.412 e. The second-order valence-electron chi connectivity index (χ2n) is 10.1. The van der Waals surface area contributed by atoms with Crippen LogP contribution in [0.25, 0.3) is 11.1 Å². The highest BCUT2D eigenvalue weighted by Crippen LogP contribution is 2.35. The molecule has 0 bridgehead atoms. The summed E-state index contributed by atoms with van der Waals surface area (Å²) in [6.45, 7) is 10.8. The number of hydrogen-bond acceptors (Lipinski definition) is 8. The van der Waals surface area contributed by atoms with E-state index < -0.39 is 35.3 Å². The predicted octanol–water partition coefficient (Wildman–Crippen LogP) is 4.68. The number of nitrogens with one attached hydrogen (secondary N) is 1. The minimum absolute atomic E-state index is 0.0132. The lowest BCUT2D eigenvalue weighted by molar-refractivity contribution is -0.173. The molecule has 0 radical (unpaired) electrons. The quantitative estimate of drug-likeness (QED) is 0.328. The molecule has 10 nitrogen and oxygen atoms in total. The molecule has 0 saturated heterocycles. The first-order valence-corrected chi connectivity index (χ1v) is 11.5. The molecular weight excluding hydrogens is 466 g/mol. The van der Waals surface area contributed by atoms with Gasteiger partial charge in [0.15, 0.2) is 6.23 Å². The van der Waals surface area contributed by atoms with Crippen LogP contribution in [0.4, 0.5) is 10.6 Å². The maximum absolute atomic E-state index is 13.1. The standard InChI is InChI=1S/C26H35N3O7/c1-15(2)14-26(6,23(32)36-25(3,4)5)22(27)35-19-9-8-16(12-18(19)21(30)31)17-10-11-28-20(13-17)29-24(33)34-7/h8-13,15,22H,14,27H2,1-7H3,(H,30,31)(H,28,29,33)/t22-,26?/m0/s1. The Labute approximate surface area is 211 Å². The topological polar surface area (TPSA) is 150 Å². The Bertz CT molecular complexity index is 1110. The Kier molecular flexibility index (Phi) is 9.04. The first kappa shape index (κ1) is 28.6. The van der Waals surface area contributed by atoms with E-state index in [0.29, 0.717) is 17.5 Å². The van der Waals surface area contributed by atoms with Gasteiger partial charge >= 0.3 is 18.0 Å². The van der Waals surface area contributed by atoms with Gasteiger partial charge in [-0.15, -0.1) is 0 Å². The summed E-state index contributed by atoms with van der Waals surface area (Å²) in [7, 11) is 1.23. The summed E-state index contributed by atoms with van der Waals surface area (Å²) >= 11 is 0. The number of methoxy groups -OCH3 is 1. The van der Waals surface area contributed by atoms with Crippen molar-refractivity contribution in [2.45, 2.75) is 59.8 Å². The van der Waals surface area contributed by atoms with Crippen molar-refractivity contribution in [1.29, 1.82) is 0 Å². The predicted molar refractivity (Wildman–Crippen MR) is 135 cm³/mol. The molecule has 0 spiro atoms. The van der Waals surface area contributed by atoms with Crippen LogP contribution in [0.2, 0.25) is 0 Å². The van der Waals surface area contributed by atoms with Gasteiger partial charge in [-0.3, -0.25) is 15.8 Å². The Hall–Kier alpha value is -3.66. The number of carbonyl (C=O) groups excluding carboxylic acids is 2. The number of carboxylic acid groups (broad SMARTS) is 1. The number of aromatic nitrogens is 1. The number of hydrogen-bond donors (Lipinski definition) is 3. The third-order valence-corrected chi connectivity index (χ3v) is 5.30. The fraction of sp³-hybridized carbons (Fsp3) is 0.462. The highest BCUT2D eigenvalue weighted by Gasteiger charge is 2.45. The molecule has 1 unspecified atom stereocenters. The average Bonchev–Trinajstić information content (AvgIpc) is 2.77. The molecule has 1 heterocycles. The van der Waals surface area contributed by atoms with Crippen LogP contribution in [0.3, 0.4) is 0 Å². The van der Waals surface area contributed by atoms with E-state index in [9.17, 15) is 19.5 Å². The molecule has 2 aromatic rings. The Morgan fingerprint density at radius 2 is 1.72 bits per heavy atom. The van der Waals surface area contributed by atoms with Crippen LogP contribution in [-0.2, 0) is 14.3 Å². The fourth-order valence-corrected chi connectivity index (χ4v) is 3.64. The smallest absolute Gasteiger partial charge is 0.412 e. The molecule has 1 amide bonds. The molecule has 4 N–H and O–H groups in total. The van der Waals surface area contributed by atoms with E-state index in [1.54, 1.807) is 45.9 Å². The number of carbonyl (C=O) groups is 3. The second-order valence-corrected chi connectivity index (χ2v) is 10.1. The molecular formula is C26H35N3O7. The fourth-order valence-electron chi connectivity index (χ4n) is 3.64. The zero-order valence-electron chi connectivity index (χ0n) is 21.7. The minimum Gasteiger partial charge on any atom is -0.478 e. The normalized spacial score (nSPS) is 13.9. The van der Waals surface area contributed by atoms with Gasteiger partial charge in [0.25, 0.3) is 0 Å². The number of anilines is 1. The molecule has 1 aromatic heterocycles. The number of pyridine rings is 1. The van der Waals surface area contributed by atoms with E-state index in [0.717, 1.165) is 0 Å². The van der Waals surface area contributed by atoms with Gasteiger partial charge in [0.2, 0.25) is 0 Å². The summed E-state index contributed by atoms with van der Waals surface area (Å²) in [6.07, 6.45) is -0.00985. The van der Waals surface area contributed by atoms with Gasteiger partial charge in [-0.1, -0.05) is 19.9 Å². The molecule has 0 aliphatic carbocycles. The molecule has 36 heavy (non-hydrogen) atoms. The number of nitrogens with two attached hydrogens (primary N) is 1. The van der Waals surface area contributed by atoms with Crippen molar-refractivity contribution in [3.05, 3.63) is 42.1 Å². The van der Waals surface area contributed by atoms with Crippen molar-refractivity contribution in [2.24, 2.45) is 17.1 Å². The molecule has 0 aliphatic heterocycles. The summed E-state index contributed by atoms with van der Waals surface area (Å²) < 4.78 is 16.1. The largest absolute Gasteiger partial charge is 0.478 e. The number of nitrogens with zero attached hydrogens (tertiary/aromatic N) is 1. The van der Waals surface area contributed by atoms with Crippen molar-refractivity contribution >= 4 is 23.8 Å². The van der Waals surface area contributed by atoms with Gasteiger partial charge in [0.1, 0.15) is 28.1 Å². The van der Waals surface area contributed by atoms with Crippen LogP contribution in [0.1, 0.15) is 58.3 Å². The molecule has 196 valence electrons. The summed E-state index contributed by atoms with van der Waals surface area (Å²) in [6, 6.07) is 7.80. The average molecular weight is 502 g/mol. The van der Waals surface area contributed by atoms with Crippen molar-refractivity contribution in [2.75, 3.05) is 12.4 Å². The second kappa shape index (κ2) is 11.4. The minimum atomic E-state index is -1.23. The van der Waals surface area contributed by atoms with Gasteiger partial charge in [0, 0.05) is 6.20 Å². The third-order valence-electron chi connectivity index (χ3n) is 5.30. The molecule has 10 heteroatoms. The monoisotopic (exact) mass is 501 g/mol. The van der Waals surface area contributed by atoms with Crippen LogP contribution in [0.15, 0.2) is 36.5 Å². The van der Waals surface area contributed by atoms with E-state index in [-0.39, 0.29) is 23.0 Å². The highest BCUT2D eigenvalue weighted by atomic mass is 16.6. The lowest BCUT2D eigenvalue weighted by Crippen LogP contribution is -2.52. The lowest BCUT2D eigenvalue weighted by Gasteiger charge is -2.36. The molecule has 0 fully saturated rings. The van der Waals surface area contributed by atoms with Crippen LogP contribution < -0.4 is 15.8 Å². The van der Waals surface area contributed by atoms with Crippen LogP contribution >= 0.6 is 0 Å². The van der Waals surface area contributed by atoms with Crippen LogP contribution in [0.5, 0.6) is 5.75 Å². The van der Waals surface area contributed by atoms with E-state index in [1.165, 1.54) is 25.4 Å². The number of amides is 1. The molecule has 2 atom stereocenters. The number of rotatable bonds is 9. The van der Waals surface area contributed by atoms with Gasteiger partial charge < -0.3 is 19.3 Å². The van der Waals surface area contributed by atoms with Crippen molar-refractivity contribution in [3.63, 3.8) is 0 Å². The number of aromatic carboxylic acids is 1. The van der Waals surface area contributed by atoms with E-state index >= 15 is 0 Å². The maximum atomic E-state index is 13.1. The van der Waals surface area contributed by atoms with Crippen LogP contribution in [-0.4, -0.2) is 47.1 Å². The van der Waals surface area contributed by atoms with Crippen molar-refractivity contribution in [3.8, 4) is 16.9 Å². The number of esters is 1. The zero-order valence-corrected chi connectivity index (χ0v) is 21.7. The third kappa shape index (κ3) is 7.42. The van der Waals surface area contributed by atoms with Crippen LogP contribution in [0, 0.1) is 11.3 Å². The van der Waals surface area contributed by atoms with E-state index in [1.807, 2.05) is 13.8 Å². The molecule has 1 aromatic carbocycles. The summed E-state index contributed by atoms with van der Waals surface area (Å²) in [5.74, 6) is -1.41. The van der Waals surface area contributed by atoms with Gasteiger partial charge in [-0.25, -0.2) is 14.6 Å². The highest BCUT2D eigenvalue weighted by molar-refractivity contribution is 5.93. The lowest BCUT2D eigenvalue weighted by atomic mass is 9.80. The van der Waals surface area contributed by atoms with E-state index in [4.69, 9.17) is 15.2 Å². The number of benzene rings is 1. The van der Waals surface area contributed by atoms with Gasteiger partial charge in [0.05, 0.1) is 7.11 Å². The number of ether oxygens (including phenoxy) is 3. The SMILES string of the molecule is COC(=O)Nc1cc(-c2ccc(O[C@H](N)C(C)(CC(C)C)C(=O)OC(C)(C)C)c(C(=O)O)c2)ccn1. The summed E-state index contributed by atoms with van der Waals surface area (Å²) in [5, 5.41) is 12.3. The Morgan fingerprint density at radius 1 is 1.08 bits per heavy atom. The van der Waals surface area contributed by atoms with Gasteiger partial charge in [-0.2, -0.15) is 0 Å². The Balaban J connectivity index is 2.41. The zero-order chi connectivity index (χ0) is 27.3. The first-order chi connectivity index (χ1) is 16.7. The van der Waals surface area contributed by atoms with E-state index in [2.05, 4.69) is 15.0 Å². The summed E-state index contributed by atoms with van der Waals surface area (Å²) in [4.78, 5) is 40.7. The molecule has 0 saturated carbocycles. The van der Waals surface area contributed by atoms with Crippen molar-refractivity contribution < 1.29 is 33.7 Å². The Morgan fingerprint density at radius 3 is 2.28 bits per heavy atom. The van der Waals surface area contributed by atoms with Crippen molar-refractivity contribution in [1.82, 2.24) is 4.98 Å². The molecule has 2 rings (SSSR count). The van der Waals surface area contributed by atoms with Gasteiger partial charge in [-0.05, 0) is 75.4 Å². The molecule has 0 aliphatic rings. The first-order valence-electron chi connectivity index (χ1n) is 11.5.